The van der Waals surface area contributed by atoms with Crippen molar-refractivity contribution in [2.24, 2.45) is 0 Å². The molecule has 5 nitrogen and oxygen atoms in total. The Morgan fingerprint density at radius 1 is 1.10 bits per heavy atom. The SMILES string of the molecule is CCCNc1ncnc(Cc2nccn2CCC)c1CC. The molecule has 0 unspecified atom stereocenters. The molecular weight excluding hydrogens is 262 g/mol. The largest absolute Gasteiger partial charge is 0.370 e. The van der Waals surface area contributed by atoms with Crippen molar-refractivity contribution in [3.63, 3.8) is 0 Å². The molecule has 0 aliphatic carbocycles. The minimum absolute atomic E-state index is 0.763. The molecular formula is C16H25N5. The van der Waals surface area contributed by atoms with E-state index in [0.29, 0.717) is 0 Å². The Morgan fingerprint density at radius 3 is 2.67 bits per heavy atom. The van der Waals surface area contributed by atoms with Crippen LogP contribution in [0.1, 0.15) is 50.7 Å². The van der Waals surface area contributed by atoms with Crippen LogP contribution in [0.25, 0.3) is 0 Å². The van der Waals surface area contributed by atoms with Crippen LogP contribution in [-0.4, -0.2) is 26.1 Å². The molecule has 0 aliphatic rings. The maximum atomic E-state index is 4.49. The van der Waals surface area contributed by atoms with Crippen molar-refractivity contribution in [1.29, 1.82) is 0 Å². The number of aromatic nitrogens is 4. The van der Waals surface area contributed by atoms with Crippen molar-refractivity contribution in [3.05, 3.63) is 35.8 Å². The van der Waals surface area contributed by atoms with Crippen molar-refractivity contribution in [2.75, 3.05) is 11.9 Å². The topological polar surface area (TPSA) is 55.6 Å². The summed E-state index contributed by atoms with van der Waals surface area (Å²) in [5.74, 6) is 2.05. The fourth-order valence-electron chi connectivity index (χ4n) is 2.47. The second-order valence-electron chi connectivity index (χ2n) is 5.14. The van der Waals surface area contributed by atoms with Gasteiger partial charge >= 0.3 is 0 Å². The zero-order chi connectivity index (χ0) is 15.1. The monoisotopic (exact) mass is 287 g/mol. The highest BCUT2D eigenvalue weighted by molar-refractivity contribution is 5.46. The van der Waals surface area contributed by atoms with Gasteiger partial charge in [-0.25, -0.2) is 15.0 Å². The predicted molar refractivity (Wildman–Crippen MR) is 85.5 cm³/mol. The zero-order valence-electron chi connectivity index (χ0n) is 13.3. The molecule has 0 radical (unpaired) electrons. The van der Waals surface area contributed by atoms with Gasteiger partial charge in [0.2, 0.25) is 0 Å². The zero-order valence-corrected chi connectivity index (χ0v) is 13.3. The molecule has 0 saturated carbocycles. The van der Waals surface area contributed by atoms with Crippen LogP contribution in [0, 0.1) is 0 Å². The summed E-state index contributed by atoms with van der Waals surface area (Å²) in [7, 11) is 0. The average Bonchev–Trinajstić information content (AvgIpc) is 2.93. The molecule has 0 atom stereocenters. The fourth-order valence-corrected chi connectivity index (χ4v) is 2.47. The molecule has 114 valence electrons. The van der Waals surface area contributed by atoms with Crippen molar-refractivity contribution < 1.29 is 0 Å². The standard InChI is InChI=1S/C16H25N5/c1-4-7-18-16-13(6-3)14(19-12-20-16)11-15-17-8-10-21(15)9-5-2/h8,10,12H,4-7,9,11H2,1-3H3,(H,18,19,20). The normalized spacial score (nSPS) is 10.8. The Hall–Kier alpha value is -1.91. The molecule has 2 rings (SSSR count). The Balaban J connectivity index is 2.24. The van der Waals surface area contributed by atoms with E-state index in [4.69, 9.17) is 0 Å². The molecule has 0 spiro atoms. The van der Waals surface area contributed by atoms with Crippen molar-refractivity contribution in [2.45, 2.75) is 53.0 Å². The summed E-state index contributed by atoms with van der Waals surface area (Å²) in [4.78, 5) is 13.4. The second-order valence-corrected chi connectivity index (χ2v) is 5.14. The van der Waals surface area contributed by atoms with Gasteiger partial charge in [-0.1, -0.05) is 20.8 Å². The first-order valence-electron chi connectivity index (χ1n) is 7.86. The van der Waals surface area contributed by atoms with E-state index in [1.54, 1.807) is 6.33 Å². The number of nitrogens with zero attached hydrogens (tertiary/aromatic N) is 4. The Bertz CT molecular complexity index is 562. The highest BCUT2D eigenvalue weighted by Crippen LogP contribution is 2.18. The van der Waals surface area contributed by atoms with Crippen LogP contribution in [0.5, 0.6) is 0 Å². The molecule has 21 heavy (non-hydrogen) atoms. The van der Waals surface area contributed by atoms with Crippen molar-refractivity contribution >= 4 is 5.82 Å². The van der Waals surface area contributed by atoms with Crippen LogP contribution < -0.4 is 5.32 Å². The second kappa shape index (κ2) is 7.76. The molecule has 0 aliphatic heterocycles. The average molecular weight is 287 g/mol. The summed E-state index contributed by atoms with van der Waals surface area (Å²) in [5.41, 5.74) is 2.28. The third-order valence-electron chi connectivity index (χ3n) is 3.52. The van der Waals surface area contributed by atoms with Gasteiger partial charge in [-0.3, -0.25) is 0 Å². The van der Waals surface area contributed by atoms with Gasteiger partial charge in [0.25, 0.3) is 0 Å². The molecule has 1 N–H and O–H groups in total. The lowest BCUT2D eigenvalue weighted by Crippen LogP contribution is -2.11. The number of hydrogen-bond donors (Lipinski definition) is 1. The fraction of sp³-hybridized carbons (Fsp3) is 0.562. The maximum absolute atomic E-state index is 4.49. The van der Waals surface area contributed by atoms with Gasteiger partial charge in [-0.15, -0.1) is 0 Å². The summed E-state index contributed by atoms with van der Waals surface area (Å²) >= 11 is 0. The Kier molecular flexibility index (Phi) is 5.72. The van der Waals surface area contributed by atoms with Crippen molar-refractivity contribution in [1.82, 2.24) is 19.5 Å². The molecule has 0 bridgehead atoms. The van der Waals surface area contributed by atoms with E-state index < -0.39 is 0 Å². The summed E-state index contributed by atoms with van der Waals surface area (Å²) in [6.45, 7) is 8.43. The van der Waals surface area contributed by atoms with E-state index >= 15 is 0 Å². The minimum atomic E-state index is 0.763. The number of anilines is 1. The predicted octanol–water partition coefficient (Wildman–Crippen LogP) is 3.06. The van der Waals surface area contributed by atoms with E-state index in [1.807, 2.05) is 12.4 Å². The molecule has 2 aromatic rings. The molecule has 0 aromatic carbocycles. The number of nitrogens with one attached hydrogen (secondary N) is 1. The minimum Gasteiger partial charge on any atom is -0.370 e. The molecule has 0 saturated heterocycles. The van der Waals surface area contributed by atoms with Gasteiger partial charge in [0.1, 0.15) is 18.0 Å². The molecule has 5 heteroatoms. The first kappa shape index (κ1) is 15.5. The first-order chi connectivity index (χ1) is 10.3. The maximum Gasteiger partial charge on any atom is 0.132 e. The van der Waals surface area contributed by atoms with Crippen LogP contribution >= 0.6 is 0 Å². The molecule has 0 amide bonds. The van der Waals surface area contributed by atoms with Gasteiger partial charge in [0, 0.05) is 37.5 Å². The lowest BCUT2D eigenvalue weighted by atomic mass is 10.1. The van der Waals surface area contributed by atoms with Crippen LogP contribution in [0.15, 0.2) is 18.7 Å². The van der Waals surface area contributed by atoms with E-state index in [9.17, 15) is 0 Å². The third-order valence-corrected chi connectivity index (χ3v) is 3.52. The first-order valence-corrected chi connectivity index (χ1v) is 7.86. The van der Waals surface area contributed by atoms with E-state index in [2.05, 4.69) is 45.6 Å². The van der Waals surface area contributed by atoms with Gasteiger partial charge in [-0.05, 0) is 19.3 Å². The molecule has 2 aromatic heterocycles. The molecule has 0 fully saturated rings. The highest BCUT2D eigenvalue weighted by atomic mass is 15.1. The van der Waals surface area contributed by atoms with Crippen LogP contribution in [0.3, 0.4) is 0 Å². The number of hydrogen-bond acceptors (Lipinski definition) is 4. The number of imidazole rings is 1. The lowest BCUT2D eigenvalue weighted by Gasteiger charge is -2.13. The van der Waals surface area contributed by atoms with Crippen LogP contribution in [-0.2, 0) is 19.4 Å². The van der Waals surface area contributed by atoms with Gasteiger partial charge in [0.05, 0.1) is 5.69 Å². The van der Waals surface area contributed by atoms with Crippen LogP contribution in [0.2, 0.25) is 0 Å². The smallest absolute Gasteiger partial charge is 0.132 e. The Labute approximate surface area is 126 Å². The van der Waals surface area contributed by atoms with E-state index in [0.717, 1.165) is 56.1 Å². The van der Waals surface area contributed by atoms with Gasteiger partial charge < -0.3 is 9.88 Å². The Morgan fingerprint density at radius 2 is 1.95 bits per heavy atom. The summed E-state index contributed by atoms with van der Waals surface area (Å²) < 4.78 is 2.21. The highest BCUT2D eigenvalue weighted by Gasteiger charge is 2.12. The summed E-state index contributed by atoms with van der Waals surface area (Å²) in [6.07, 6.45) is 9.45. The van der Waals surface area contributed by atoms with Crippen LogP contribution in [0.4, 0.5) is 5.82 Å². The summed E-state index contributed by atoms with van der Waals surface area (Å²) in [6, 6.07) is 0. The quantitative estimate of drug-likeness (QED) is 0.810. The van der Waals surface area contributed by atoms with E-state index in [-0.39, 0.29) is 0 Å². The number of aryl methyl sites for hydroxylation is 1. The van der Waals surface area contributed by atoms with Crippen molar-refractivity contribution in [3.8, 4) is 0 Å². The number of rotatable bonds is 8. The third kappa shape index (κ3) is 3.80. The van der Waals surface area contributed by atoms with E-state index in [1.165, 1.54) is 5.56 Å². The molecule has 2 heterocycles. The van der Waals surface area contributed by atoms with Gasteiger partial charge in [0.15, 0.2) is 0 Å². The van der Waals surface area contributed by atoms with Gasteiger partial charge in [-0.2, -0.15) is 0 Å². The summed E-state index contributed by atoms with van der Waals surface area (Å²) in [5, 5.41) is 3.40. The lowest BCUT2D eigenvalue weighted by molar-refractivity contribution is 0.643.